The first-order chi connectivity index (χ1) is 12.9. The van der Waals surface area contributed by atoms with E-state index in [1.807, 2.05) is 0 Å². The van der Waals surface area contributed by atoms with Crippen molar-refractivity contribution in [1.29, 1.82) is 0 Å². The Labute approximate surface area is 159 Å². The number of hydrogen-bond donors (Lipinski definition) is 1. The van der Waals surface area contributed by atoms with Crippen LogP contribution in [-0.4, -0.2) is 75.5 Å². The molecule has 2 fully saturated rings. The van der Waals surface area contributed by atoms with Gasteiger partial charge >= 0.3 is 5.69 Å². The van der Waals surface area contributed by atoms with Crippen LogP contribution in [0.15, 0.2) is 23.1 Å². The minimum atomic E-state index is -3.76. The molecule has 9 nitrogen and oxygen atoms in total. The zero-order chi connectivity index (χ0) is 19.4. The molecule has 0 aliphatic carbocycles. The van der Waals surface area contributed by atoms with Crippen LogP contribution in [0.3, 0.4) is 0 Å². The molecule has 2 aliphatic heterocycles. The van der Waals surface area contributed by atoms with E-state index in [2.05, 4.69) is 10.2 Å². The van der Waals surface area contributed by atoms with Crippen LogP contribution in [0, 0.1) is 16.0 Å². The zero-order valence-corrected chi connectivity index (χ0v) is 16.3. The van der Waals surface area contributed by atoms with Crippen LogP contribution in [0.1, 0.15) is 12.8 Å². The molecule has 0 bridgehead atoms. The SMILES string of the molecule is COc1ccc(S(=O)(=O)N2CCN(CC3CCNCC3)CC2)cc1[N+](=O)[O-]. The lowest BCUT2D eigenvalue weighted by Crippen LogP contribution is -2.50. The minimum Gasteiger partial charge on any atom is -0.490 e. The molecule has 10 heteroatoms. The summed E-state index contributed by atoms with van der Waals surface area (Å²) in [5, 5.41) is 14.5. The van der Waals surface area contributed by atoms with Gasteiger partial charge in [0.1, 0.15) is 0 Å². The fraction of sp³-hybridized carbons (Fsp3) is 0.647. The molecule has 150 valence electrons. The van der Waals surface area contributed by atoms with Crippen molar-refractivity contribution in [3.8, 4) is 5.75 Å². The van der Waals surface area contributed by atoms with E-state index in [0.717, 1.165) is 38.5 Å². The first-order valence-corrected chi connectivity index (χ1v) is 10.6. The highest BCUT2D eigenvalue weighted by Gasteiger charge is 2.31. The summed E-state index contributed by atoms with van der Waals surface area (Å²) in [7, 11) is -2.45. The van der Waals surface area contributed by atoms with Crippen LogP contribution in [0.5, 0.6) is 5.75 Å². The molecular formula is C17H26N4O5S. The van der Waals surface area contributed by atoms with Crippen molar-refractivity contribution in [2.24, 2.45) is 5.92 Å². The molecule has 1 aromatic carbocycles. The minimum absolute atomic E-state index is 0.0470. The van der Waals surface area contributed by atoms with Crippen LogP contribution in [0.2, 0.25) is 0 Å². The standard InChI is InChI=1S/C17H26N4O5S/c1-26-17-3-2-15(12-16(17)21(22)23)27(24,25)20-10-8-19(9-11-20)13-14-4-6-18-7-5-14/h2-3,12,14,18H,4-11,13H2,1H3. The topological polar surface area (TPSA) is 105 Å². The summed E-state index contributed by atoms with van der Waals surface area (Å²) in [6.45, 7) is 5.26. The summed E-state index contributed by atoms with van der Waals surface area (Å²) in [5.41, 5.74) is -0.344. The quantitative estimate of drug-likeness (QED) is 0.561. The molecule has 0 saturated carbocycles. The number of sulfonamides is 1. The third-order valence-electron chi connectivity index (χ3n) is 5.29. The first kappa shape index (κ1) is 20.0. The van der Waals surface area contributed by atoms with E-state index in [0.29, 0.717) is 32.1 Å². The molecule has 0 radical (unpaired) electrons. The Morgan fingerprint density at radius 2 is 1.89 bits per heavy atom. The number of nitrogens with zero attached hydrogens (tertiary/aromatic N) is 3. The van der Waals surface area contributed by atoms with Crippen molar-refractivity contribution in [1.82, 2.24) is 14.5 Å². The van der Waals surface area contributed by atoms with Gasteiger partial charge in [0.05, 0.1) is 16.9 Å². The second-order valence-electron chi connectivity index (χ2n) is 6.99. The third-order valence-corrected chi connectivity index (χ3v) is 7.19. The van der Waals surface area contributed by atoms with E-state index in [-0.39, 0.29) is 16.3 Å². The Balaban J connectivity index is 1.66. The smallest absolute Gasteiger partial charge is 0.312 e. The maximum Gasteiger partial charge on any atom is 0.312 e. The number of methoxy groups -OCH3 is 1. The Bertz CT molecular complexity index is 772. The molecule has 0 atom stereocenters. The van der Waals surface area contributed by atoms with Gasteiger partial charge in [0, 0.05) is 38.8 Å². The monoisotopic (exact) mass is 398 g/mol. The van der Waals surface area contributed by atoms with Crippen molar-refractivity contribution in [3.63, 3.8) is 0 Å². The van der Waals surface area contributed by atoms with Crippen LogP contribution in [-0.2, 0) is 10.0 Å². The molecule has 27 heavy (non-hydrogen) atoms. The summed E-state index contributed by atoms with van der Waals surface area (Å²) in [5.74, 6) is 0.712. The molecule has 1 aromatic rings. The highest BCUT2D eigenvalue weighted by Crippen LogP contribution is 2.30. The Hall–Kier alpha value is -1.75. The van der Waals surface area contributed by atoms with Gasteiger partial charge in [0.25, 0.3) is 0 Å². The van der Waals surface area contributed by atoms with E-state index in [4.69, 9.17) is 4.74 Å². The lowest BCUT2D eigenvalue weighted by molar-refractivity contribution is -0.386. The fourth-order valence-corrected chi connectivity index (χ4v) is 5.15. The number of hydrogen-bond acceptors (Lipinski definition) is 7. The van der Waals surface area contributed by atoms with Crippen LogP contribution in [0.4, 0.5) is 5.69 Å². The van der Waals surface area contributed by atoms with Gasteiger partial charge in [-0.3, -0.25) is 10.1 Å². The highest BCUT2D eigenvalue weighted by molar-refractivity contribution is 7.89. The maximum atomic E-state index is 12.9. The van der Waals surface area contributed by atoms with Crippen LogP contribution >= 0.6 is 0 Å². The zero-order valence-electron chi connectivity index (χ0n) is 15.5. The van der Waals surface area contributed by atoms with Gasteiger partial charge in [0.15, 0.2) is 5.75 Å². The predicted molar refractivity (Wildman–Crippen MR) is 100 cm³/mol. The Morgan fingerprint density at radius 1 is 1.22 bits per heavy atom. The predicted octanol–water partition coefficient (Wildman–Crippen LogP) is 0.909. The largest absolute Gasteiger partial charge is 0.490 e. The number of nitrogens with one attached hydrogen (secondary N) is 1. The van der Waals surface area contributed by atoms with E-state index >= 15 is 0 Å². The van der Waals surface area contributed by atoms with Crippen molar-refractivity contribution in [3.05, 3.63) is 28.3 Å². The summed E-state index contributed by atoms with van der Waals surface area (Å²) in [4.78, 5) is 12.8. The van der Waals surface area contributed by atoms with Gasteiger partial charge in [-0.25, -0.2) is 8.42 Å². The van der Waals surface area contributed by atoms with Crippen molar-refractivity contribution >= 4 is 15.7 Å². The van der Waals surface area contributed by atoms with Crippen LogP contribution in [0.25, 0.3) is 0 Å². The second kappa shape index (κ2) is 8.51. The number of piperazine rings is 1. The number of nitro groups is 1. The van der Waals surface area contributed by atoms with Gasteiger partial charge in [-0.1, -0.05) is 0 Å². The number of piperidine rings is 1. The highest BCUT2D eigenvalue weighted by atomic mass is 32.2. The summed E-state index contributed by atoms with van der Waals surface area (Å²) >= 11 is 0. The molecule has 2 aliphatic rings. The second-order valence-corrected chi connectivity index (χ2v) is 8.93. The number of rotatable bonds is 6. The lowest BCUT2D eigenvalue weighted by Gasteiger charge is -2.36. The Kier molecular flexibility index (Phi) is 6.30. The average molecular weight is 398 g/mol. The summed E-state index contributed by atoms with van der Waals surface area (Å²) in [6, 6.07) is 3.77. The van der Waals surface area contributed by atoms with E-state index in [9.17, 15) is 18.5 Å². The van der Waals surface area contributed by atoms with Gasteiger partial charge in [-0.2, -0.15) is 4.31 Å². The molecule has 0 unspecified atom stereocenters. The Morgan fingerprint density at radius 3 is 2.48 bits per heavy atom. The number of benzene rings is 1. The maximum absolute atomic E-state index is 12.9. The molecule has 1 N–H and O–H groups in total. The van der Waals surface area contributed by atoms with Crippen molar-refractivity contribution in [2.75, 3.05) is 52.9 Å². The van der Waals surface area contributed by atoms with E-state index in [1.54, 1.807) is 0 Å². The first-order valence-electron chi connectivity index (χ1n) is 9.17. The lowest BCUT2D eigenvalue weighted by atomic mass is 9.97. The molecule has 0 aromatic heterocycles. The van der Waals surface area contributed by atoms with Crippen molar-refractivity contribution < 1.29 is 18.1 Å². The van der Waals surface area contributed by atoms with E-state index in [1.165, 1.54) is 23.5 Å². The summed E-state index contributed by atoms with van der Waals surface area (Å²) in [6.07, 6.45) is 2.32. The third kappa shape index (κ3) is 4.57. The molecule has 3 rings (SSSR count). The van der Waals surface area contributed by atoms with E-state index < -0.39 is 14.9 Å². The fourth-order valence-electron chi connectivity index (χ4n) is 3.70. The molecular weight excluding hydrogens is 372 g/mol. The average Bonchev–Trinajstić information content (AvgIpc) is 2.68. The normalized spacial score (nSPS) is 20.5. The summed E-state index contributed by atoms with van der Waals surface area (Å²) < 4.78 is 32.1. The molecule has 2 heterocycles. The molecule has 2 saturated heterocycles. The number of nitro benzene ring substituents is 1. The molecule has 0 amide bonds. The van der Waals surface area contributed by atoms with Gasteiger partial charge < -0.3 is 15.0 Å². The van der Waals surface area contributed by atoms with Crippen molar-refractivity contribution in [2.45, 2.75) is 17.7 Å². The van der Waals surface area contributed by atoms with Gasteiger partial charge in [0.2, 0.25) is 10.0 Å². The number of ether oxygens (including phenoxy) is 1. The van der Waals surface area contributed by atoms with Gasteiger partial charge in [-0.15, -0.1) is 0 Å². The molecule has 0 spiro atoms. The van der Waals surface area contributed by atoms with Gasteiger partial charge in [-0.05, 0) is 44.0 Å². The van der Waals surface area contributed by atoms with Crippen LogP contribution < -0.4 is 10.1 Å².